The minimum atomic E-state index is -0.302. The van der Waals surface area contributed by atoms with Gasteiger partial charge in [0, 0.05) is 12.0 Å². The molecule has 1 aromatic carbocycles. The van der Waals surface area contributed by atoms with Crippen molar-refractivity contribution in [3.63, 3.8) is 0 Å². The summed E-state index contributed by atoms with van der Waals surface area (Å²) in [6, 6.07) is 7.81. The van der Waals surface area contributed by atoms with Crippen LogP contribution >= 0.6 is 0 Å². The molecule has 3 nitrogen and oxygen atoms in total. The molecule has 1 unspecified atom stereocenters. The van der Waals surface area contributed by atoms with Gasteiger partial charge >= 0.3 is 0 Å². The minimum Gasteiger partial charge on any atom is -0.497 e. The molecule has 0 spiro atoms. The molecule has 1 fully saturated rings. The number of Topliss-reactive ketones (excluding diaryl/α,β-unsaturated/α-hetero) is 1. The molecule has 3 heteroatoms. The van der Waals surface area contributed by atoms with Gasteiger partial charge < -0.3 is 9.64 Å². The topological polar surface area (TPSA) is 29.5 Å². The molecular formula is C19H25NO2. The van der Waals surface area contributed by atoms with E-state index >= 15 is 0 Å². The van der Waals surface area contributed by atoms with Crippen molar-refractivity contribution in [3.05, 3.63) is 48.1 Å². The number of benzene rings is 1. The summed E-state index contributed by atoms with van der Waals surface area (Å²) in [5.41, 5.74) is 1.67. The van der Waals surface area contributed by atoms with Crippen molar-refractivity contribution in [2.45, 2.75) is 19.3 Å². The Kier molecular flexibility index (Phi) is 5.19. The molecule has 0 heterocycles. The average Bonchev–Trinajstić information content (AvgIpc) is 2.77. The van der Waals surface area contributed by atoms with Crippen molar-refractivity contribution in [2.75, 3.05) is 27.7 Å². The van der Waals surface area contributed by atoms with Crippen molar-refractivity contribution in [3.8, 4) is 5.75 Å². The SMILES string of the molecule is C=CCC1(CN(C)C)CC/C(=C\c2ccc(OC)cc2)C1=O. The summed E-state index contributed by atoms with van der Waals surface area (Å²) in [5, 5.41) is 0. The largest absolute Gasteiger partial charge is 0.497 e. The fraction of sp³-hybridized carbons (Fsp3) is 0.421. The number of rotatable bonds is 6. The molecule has 0 saturated heterocycles. The van der Waals surface area contributed by atoms with E-state index in [1.807, 2.05) is 50.5 Å². The van der Waals surface area contributed by atoms with E-state index in [-0.39, 0.29) is 11.2 Å². The Morgan fingerprint density at radius 3 is 2.55 bits per heavy atom. The molecule has 1 aliphatic rings. The van der Waals surface area contributed by atoms with Crippen molar-refractivity contribution in [2.24, 2.45) is 5.41 Å². The van der Waals surface area contributed by atoms with Crippen LogP contribution in [0.2, 0.25) is 0 Å². The number of ether oxygens (including phenoxy) is 1. The first-order valence-corrected chi connectivity index (χ1v) is 7.66. The zero-order chi connectivity index (χ0) is 16.2. The van der Waals surface area contributed by atoms with Gasteiger partial charge in [-0.15, -0.1) is 6.58 Å². The number of hydrogen-bond acceptors (Lipinski definition) is 3. The quantitative estimate of drug-likeness (QED) is 0.594. The first-order valence-electron chi connectivity index (χ1n) is 7.66. The summed E-state index contributed by atoms with van der Waals surface area (Å²) < 4.78 is 5.16. The predicted molar refractivity (Wildman–Crippen MR) is 91.0 cm³/mol. The Morgan fingerprint density at radius 2 is 2.00 bits per heavy atom. The molecule has 0 aliphatic heterocycles. The summed E-state index contributed by atoms with van der Waals surface area (Å²) in [6.45, 7) is 4.61. The van der Waals surface area contributed by atoms with Crippen LogP contribution in [0.1, 0.15) is 24.8 Å². The fourth-order valence-corrected chi connectivity index (χ4v) is 3.27. The van der Waals surface area contributed by atoms with Gasteiger partial charge in [0.2, 0.25) is 0 Å². The predicted octanol–water partition coefficient (Wildman–Crippen LogP) is 3.57. The van der Waals surface area contributed by atoms with Gasteiger partial charge in [-0.1, -0.05) is 18.2 Å². The summed E-state index contributed by atoms with van der Waals surface area (Å²) >= 11 is 0. The molecule has 1 saturated carbocycles. The summed E-state index contributed by atoms with van der Waals surface area (Å²) in [7, 11) is 5.69. The molecular weight excluding hydrogens is 274 g/mol. The molecule has 0 aromatic heterocycles. The second kappa shape index (κ2) is 6.93. The Labute approximate surface area is 133 Å². The number of methoxy groups -OCH3 is 1. The molecule has 2 rings (SSSR count). The van der Waals surface area contributed by atoms with Crippen LogP contribution in [0.15, 0.2) is 42.5 Å². The zero-order valence-electron chi connectivity index (χ0n) is 13.8. The number of allylic oxidation sites excluding steroid dienone is 2. The Morgan fingerprint density at radius 1 is 1.32 bits per heavy atom. The van der Waals surface area contributed by atoms with Gasteiger partial charge in [0.15, 0.2) is 5.78 Å². The third-order valence-electron chi connectivity index (χ3n) is 4.26. The van der Waals surface area contributed by atoms with Crippen LogP contribution in [0.25, 0.3) is 6.08 Å². The molecule has 1 aromatic rings. The van der Waals surface area contributed by atoms with E-state index in [1.165, 1.54) is 0 Å². The van der Waals surface area contributed by atoms with E-state index in [1.54, 1.807) is 7.11 Å². The summed E-state index contributed by atoms with van der Waals surface area (Å²) in [6.07, 6.45) is 6.37. The number of hydrogen-bond donors (Lipinski definition) is 0. The van der Waals surface area contributed by atoms with Crippen LogP contribution in [-0.2, 0) is 4.79 Å². The third-order valence-corrected chi connectivity index (χ3v) is 4.26. The first-order chi connectivity index (χ1) is 10.5. The van der Waals surface area contributed by atoms with E-state index in [2.05, 4.69) is 11.5 Å². The molecule has 0 amide bonds. The second-order valence-corrected chi connectivity index (χ2v) is 6.28. The van der Waals surface area contributed by atoms with Crippen LogP contribution in [0.3, 0.4) is 0 Å². The van der Waals surface area contributed by atoms with E-state index in [0.29, 0.717) is 0 Å². The van der Waals surface area contributed by atoms with Gasteiger partial charge in [0.05, 0.1) is 7.11 Å². The lowest BCUT2D eigenvalue weighted by molar-refractivity contribution is -0.123. The summed E-state index contributed by atoms with van der Waals surface area (Å²) in [4.78, 5) is 15.0. The molecule has 118 valence electrons. The van der Waals surface area contributed by atoms with E-state index in [9.17, 15) is 4.79 Å². The fourth-order valence-electron chi connectivity index (χ4n) is 3.27. The standard InChI is InChI=1S/C19H25NO2/c1-5-11-19(14-20(2)3)12-10-16(18(19)21)13-15-6-8-17(22-4)9-7-15/h5-9,13H,1,10-12,14H2,2-4H3/b16-13+. The van der Waals surface area contributed by atoms with Crippen molar-refractivity contribution in [1.29, 1.82) is 0 Å². The lowest BCUT2D eigenvalue weighted by Crippen LogP contribution is -2.37. The maximum Gasteiger partial charge on any atom is 0.166 e. The zero-order valence-corrected chi connectivity index (χ0v) is 13.8. The maximum atomic E-state index is 12.9. The van der Waals surface area contributed by atoms with Gasteiger partial charge in [-0.25, -0.2) is 0 Å². The highest BCUT2D eigenvalue weighted by Crippen LogP contribution is 2.42. The third kappa shape index (κ3) is 3.47. The van der Waals surface area contributed by atoms with E-state index in [0.717, 1.165) is 42.7 Å². The number of ketones is 1. The lowest BCUT2D eigenvalue weighted by Gasteiger charge is -2.29. The molecule has 1 atom stereocenters. The Hall–Kier alpha value is -1.87. The van der Waals surface area contributed by atoms with Gasteiger partial charge in [-0.2, -0.15) is 0 Å². The van der Waals surface area contributed by atoms with E-state index < -0.39 is 0 Å². The molecule has 0 N–H and O–H groups in total. The van der Waals surface area contributed by atoms with Gasteiger partial charge in [0.1, 0.15) is 5.75 Å². The molecule has 0 radical (unpaired) electrons. The van der Waals surface area contributed by atoms with Crippen LogP contribution < -0.4 is 4.74 Å². The maximum absolute atomic E-state index is 12.9. The van der Waals surface area contributed by atoms with E-state index in [4.69, 9.17) is 4.74 Å². The Bertz CT molecular complexity index is 572. The monoisotopic (exact) mass is 299 g/mol. The molecule has 22 heavy (non-hydrogen) atoms. The Balaban J connectivity index is 2.24. The van der Waals surface area contributed by atoms with Crippen LogP contribution in [0.5, 0.6) is 5.75 Å². The van der Waals surface area contributed by atoms with Crippen LogP contribution in [0.4, 0.5) is 0 Å². The average molecular weight is 299 g/mol. The lowest BCUT2D eigenvalue weighted by atomic mass is 9.81. The van der Waals surface area contributed by atoms with Crippen molar-refractivity contribution in [1.82, 2.24) is 4.90 Å². The number of carbonyl (C=O) groups excluding carboxylic acids is 1. The van der Waals surface area contributed by atoms with Crippen LogP contribution in [-0.4, -0.2) is 38.4 Å². The van der Waals surface area contributed by atoms with Crippen molar-refractivity contribution >= 4 is 11.9 Å². The van der Waals surface area contributed by atoms with Crippen LogP contribution in [0, 0.1) is 5.41 Å². The highest BCUT2D eigenvalue weighted by atomic mass is 16.5. The molecule has 0 bridgehead atoms. The second-order valence-electron chi connectivity index (χ2n) is 6.28. The molecule has 1 aliphatic carbocycles. The smallest absolute Gasteiger partial charge is 0.166 e. The first kappa shape index (κ1) is 16.5. The number of nitrogens with zero attached hydrogens (tertiary/aromatic N) is 1. The number of carbonyl (C=O) groups is 1. The van der Waals surface area contributed by atoms with Gasteiger partial charge in [0.25, 0.3) is 0 Å². The highest BCUT2D eigenvalue weighted by Gasteiger charge is 2.43. The summed E-state index contributed by atoms with van der Waals surface area (Å²) in [5.74, 6) is 1.10. The van der Waals surface area contributed by atoms with Crippen molar-refractivity contribution < 1.29 is 9.53 Å². The highest BCUT2D eigenvalue weighted by molar-refractivity contribution is 6.05. The normalized spacial score (nSPS) is 23.3. The minimum absolute atomic E-state index is 0.275. The van der Waals surface area contributed by atoms with Gasteiger partial charge in [-0.05, 0) is 62.7 Å². The van der Waals surface area contributed by atoms with Gasteiger partial charge in [-0.3, -0.25) is 4.79 Å².